The van der Waals surface area contributed by atoms with Crippen molar-refractivity contribution in [3.8, 4) is 0 Å². The number of nitrogens with zero attached hydrogens (tertiary/aromatic N) is 1. The molecule has 2 atom stereocenters. The Kier molecular flexibility index (Phi) is 12.3. The molecule has 0 spiro atoms. The molecule has 9 nitrogen and oxygen atoms in total. The van der Waals surface area contributed by atoms with E-state index < -0.39 is 23.8 Å². The van der Waals surface area contributed by atoms with Crippen LogP contribution in [0.3, 0.4) is 0 Å². The largest absolute Gasteiger partial charge is 0.395 e. The maximum Gasteiger partial charge on any atom is 0.243 e. The predicted octanol–water partition coefficient (Wildman–Crippen LogP) is -0.484. The monoisotopic (exact) mass is 429 g/mol. The summed E-state index contributed by atoms with van der Waals surface area (Å²) in [6, 6.07) is 4.57. The van der Waals surface area contributed by atoms with Gasteiger partial charge in [-0.1, -0.05) is 23.8 Å². The average molecular weight is 430 g/mol. The molecular weight excluding hydrogens is 402 g/mol. The number of carbonyl (C=O) groups is 3. The van der Waals surface area contributed by atoms with E-state index in [4.69, 9.17) is 10.8 Å². The van der Waals surface area contributed by atoms with E-state index in [0.29, 0.717) is 5.75 Å². The van der Waals surface area contributed by atoms with E-state index in [-0.39, 0.29) is 38.6 Å². The molecule has 6 N–H and O–H groups in total. The van der Waals surface area contributed by atoms with E-state index in [0.717, 1.165) is 5.03 Å². The van der Waals surface area contributed by atoms with Crippen LogP contribution in [0.2, 0.25) is 0 Å². The second kappa shape index (κ2) is 14.2. The van der Waals surface area contributed by atoms with Gasteiger partial charge in [0.25, 0.3) is 0 Å². The molecule has 156 valence electrons. The summed E-state index contributed by atoms with van der Waals surface area (Å²) in [7, 11) is 2.94. The molecule has 0 bridgehead atoms. The topological polar surface area (TPSA) is 146 Å². The number of aromatic nitrogens is 1. The minimum atomic E-state index is -1.02. The number of aliphatic hydroxyl groups is 1. The van der Waals surface area contributed by atoms with Gasteiger partial charge in [-0.05, 0) is 22.9 Å². The molecule has 1 aromatic rings. The van der Waals surface area contributed by atoms with Crippen molar-refractivity contribution in [2.24, 2.45) is 11.7 Å². The summed E-state index contributed by atoms with van der Waals surface area (Å²) in [4.78, 5) is 40.9. The highest BCUT2D eigenvalue weighted by atomic mass is 33.1. The third-order valence-electron chi connectivity index (χ3n) is 3.56. The van der Waals surface area contributed by atoms with E-state index in [1.54, 1.807) is 13.1 Å². The minimum Gasteiger partial charge on any atom is -0.395 e. The summed E-state index contributed by atoms with van der Waals surface area (Å²) in [5.74, 6) is -1.51. The highest BCUT2D eigenvalue weighted by Crippen LogP contribution is 2.29. The Labute approximate surface area is 172 Å². The standard InChI is InChI=1S/C17H27N5O4S2/c1-12(16(25)21-9-10-23)15(17(26)20-8-6-18)22-13(24)5-11-27-28-14-4-2-3-7-19-14/h2-4,7,12,15,23H,5-6,8-11,18H2,1H3,(H,20,26)(H,21,25)(H,22,24). The summed E-state index contributed by atoms with van der Waals surface area (Å²) >= 11 is 0. The molecule has 1 aromatic heterocycles. The second-order valence-corrected chi connectivity index (χ2v) is 8.19. The van der Waals surface area contributed by atoms with Crippen LogP contribution in [0.5, 0.6) is 0 Å². The summed E-state index contributed by atoms with van der Waals surface area (Å²) in [5, 5.41) is 17.4. The van der Waals surface area contributed by atoms with Crippen LogP contribution in [0.15, 0.2) is 29.4 Å². The van der Waals surface area contributed by atoms with Crippen LogP contribution in [-0.4, -0.2) is 65.8 Å². The summed E-state index contributed by atoms with van der Waals surface area (Å²) in [5.41, 5.74) is 5.39. The predicted molar refractivity (Wildman–Crippen MR) is 110 cm³/mol. The third-order valence-corrected chi connectivity index (χ3v) is 5.83. The number of amides is 3. The Morgan fingerprint density at radius 3 is 2.61 bits per heavy atom. The van der Waals surface area contributed by atoms with Crippen molar-refractivity contribution in [2.75, 3.05) is 32.0 Å². The van der Waals surface area contributed by atoms with Gasteiger partial charge in [-0.2, -0.15) is 0 Å². The zero-order valence-corrected chi connectivity index (χ0v) is 17.4. The van der Waals surface area contributed by atoms with Crippen LogP contribution in [0.1, 0.15) is 13.3 Å². The molecule has 3 amide bonds. The quantitative estimate of drug-likeness (QED) is 0.209. The average Bonchev–Trinajstić information content (AvgIpc) is 2.71. The van der Waals surface area contributed by atoms with Crippen molar-refractivity contribution in [2.45, 2.75) is 24.4 Å². The van der Waals surface area contributed by atoms with Gasteiger partial charge in [0, 0.05) is 38.0 Å². The maximum atomic E-state index is 12.3. The van der Waals surface area contributed by atoms with Gasteiger partial charge in [-0.25, -0.2) is 4.98 Å². The van der Waals surface area contributed by atoms with Gasteiger partial charge >= 0.3 is 0 Å². The highest BCUT2D eigenvalue weighted by molar-refractivity contribution is 8.76. The van der Waals surface area contributed by atoms with Crippen molar-refractivity contribution in [1.29, 1.82) is 0 Å². The number of pyridine rings is 1. The Morgan fingerprint density at radius 1 is 1.21 bits per heavy atom. The van der Waals surface area contributed by atoms with Gasteiger partial charge in [-0.3, -0.25) is 14.4 Å². The lowest BCUT2D eigenvalue weighted by Gasteiger charge is -2.23. The lowest BCUT2D eigenvalue weighted by Crippen LogP contribution is -2.54. The van der Waals surface area contributed by atoms with Crippen LogP contribution in [-0.2, 0) is 14.4 Å². The van der Waals surface area contributed by atoms with Gasteiger partial charge in [0.2, 0.25) is 17.7 Å². The second-order valence-electron chi connectivity index (χ2n) is 5.75. The smallest absolute Gasteiger partial charge is 0.243 e. The molecule has 0 saturated heterocycles. The van der Waals surface area contributed by atoms with Crippen LogP contribution in [0, 0.1) is 5.92 Å². The van der Waals surface area contributed by atoms with Gasteiger partial charge < -0.3 is 26.8 Å². The van der Waals surface area contributed by atoms with Crippen molar-refractivity contribution >= 4 is 39.3 Å². The minimum absolute atomic E-state index is 0.0790. The van der Waals surface area contributed by atoms with E-state index in [1.807, 2.05) is 18.2 Å². The van der Waals surface area contributed by atoms with Gasteiger partial charge in [-0.15, -0.1) is 0 Å². The lowest BCUT2D eigenvalue weighted by atomic mass is 9.99. The summed E-state index contributed by atoms with van der Waals surface area (Å²) in [6.45, 7) is 1.91. The first-order chi connectivity index (χ1) is 13.5. The van der Waals surface area contributed by atoms with E-state index >= 15 is 0 Å². The molecule has 0 aliphatic rings. The molecule has 1 heterocycles. The maximum absolute atomic E-state index is 12.3. The fourth-order valence-corrected chi connectivity index (χ4v) is 3.96. The van der Waals surface area contributed by atoms with Crippen LogP contribution < -0.4 is 21.7 Å². The van der Waals surface area contributed by atoms with Crippen molar-refractivity contribution in [3.05, 3.63) is 24.4 Å². The number of nitrogens with one attached hydrogen (secondary N) is 3. The molecule has 0 fully saturated rings. The number of aliphatic hydroxyl groups excluding tert-OH is 1. The van der Waals surface area contributed by atoms with Crippen molar-refractivity contribution < 1.29 is 19.5 Å². The molecule has 0 saturated carbocycles. The molecule has 1 rings (SSSR count). The zero-order valence-electron chi connectivity index (χ0n) is 15.7. The number of hydrogen-bond acceptors (Lipinski definition) is 8. The molecule has 28 heavy (non-hydrogen) atoms. The highest BCUT2D eigenvalue weighted by Gasteiger charge is 2.31. The first kappa shape index (κ1) is 24.2. The molecule has 0 aliphatic carbocycles. The number of rotatable bonds is 13. The number of nitrogens with two attached hydrogens (primary N) is 1. The van der Waals surface area contributed by atoms with Crippen LogP contribution >= 0.6 is 21.6 Å². The van der Waals surface area contributed by atoms with Gasteiger partial charge in [0.15, 0.2) is 0 Å². The summed E-state index contributed by atoms with van der Waals surface area (Å²) < 4.78 is 0. The van der Waals surface area contributed by atoms with Gasteiger partial charge in [0.05, 0.1) is 12.5 Å². The Bertz CT molecular complexity index is 621. The van der Waals surface area contributed by atoms with Gasteiger partial charge in [0.1, 0.15) is 11.1 Å². The molecular formula is C17H27N5O4S2. The number of hydrogen-bond donors (Lipinski definition) is 5. The normalized spacial score (nSPS) is 12.7. The van der Waals surface area contributed by atoms with E-state index in [1.165, 1.54) is 21.6 Å². The van der Waals surface area contributed by atoms with Crippen molar-refractivity contribution in [1.82, 2.24) is 20.9 Å². The van der Waals surface area contributed by atoms with Crippen LogP contribution in [0.25, 0.3) is 0 Å². The Morgan fingerprint density at radius 2 is 1.96 bits per heavy atom. The molecule has 2 unspecified atom stereocenters. The summed E-state index contributed by atoms with van der Waals surface area (Å²) in [6.07, 6.45) is 1.89. The van der Waals surface area contributed by atoms with E-state index in [9.17, 15) is 14.4 Å². The molecule has 11 heteroatoms. The molecule has 0 radical (unpaired) electrons. The molecule has 0 aromatic carbocycles. The SMILES string of the molecule is CC(C(=O)NCCO)C(NC(=O)CCSSc1ccccn1)C(=O)NCCN. The fraction of sp³-hybridized carbons (Fsp3) is 0.529. The zero-order chi connectivity index (χ0) is 20.8. The fourth-order valence-electron chi connectivity index (χ4n) is 2.09. The Hall–Kier alpha value is -1.82. The van der Waals surface area contributed by atoms with Crippen LogP contribution in [0.4, 0.5) is 0 Å². The van der Waals surface area contributed by atoms with E-state index in [2.05, 4.69) is 20.9 Å². The third kappa shape index (κ3) is 9.40. The Balaban J connectivity index is 2.54. The first-order valence-corrected chi connectivity index (χ1v) is 11.2. The molecule has 0 aliphatic heterocycles. The first-order valence-electron chi connectivity index (χ1n) is 8.85. The van der Waals surface area contributed by atoms with Crippen molar-refractivity contribution in [3.63, 3.8) is 0 Å². The lowest BCUT2D eigenvalue weighted by molar-refractivity contribution is -0.134. The number of carbonyl (C=O) groups excluding carboxylic acids is 3.